The number of methoxy groups -OCH3 is 1. The van der Waals surface area contributed by atoms with E-state index in [-0.39, 0.29) is 18.6 Å². The number of nitrogens with one attached hydrogen (secondary N) is 1. The van der Waals surface area contributed by atoms with Gasteiger partial charge in [-0.25, -0.2) is 0 Å². The Labute approximate surface area is 195 Å². The lowest BCUT2D eigenvalue weighted by Gasteiger charge is -2.41. The number of nitrogens with zero attached hydrogens (tertiary/aromatic N) is 1. The number of benzene rings is 2. The van der Waals surface area contributed by atoms with Crippen molar-refractivity contribution in [2.75, 3.05) is 27.1 Å². The molecule has 0 bridgehead atoms. The summed E-state index contributed by atoms with van der Waals surface area (Å²) in [5, 5.41) is 5.05. The molecule has 2 aliphatic heterocycles. The van der Waals surface area contributed by atoms with Crippen molar-refractivity contribution in [1.82, 2.24) is 10.2 Å². The fourth-order valence-corrected chi connectivity index (χ4v) is 5.31. The molecular formula is C25H24N2O5S. The molecule has 2 aliphatic rings. The molecule has 0 saturated carbocycles. The van der Waals surface area contributed by atoms with Crippen LogP contribution >= 0.6 is 11.3 Å². The first kappa shape index (κ1) is 21.5. The highest BCUT2D eigenvalue weighted by Crippen LogP contribution is 2.44. The summed E-state index contributed by atoms with van der Waals surface area (Å²) < 4.78 is 16.1. The zero-order valence-electron chi connectivity index (χ0n) is 18.2. The Morgan fingerprint density at radius 1 is 1.15 bits per heavy atom. The SMILES string of the molecule is COCCN1C(=O)c2ccccc2[C@@H](C(=O)NCc2ccc3c(c2)OCO3)[C@@H]1c1cccs1. The average Bonchev–Trinajstić information content (AvgIpc) is 3.53. The average molecular weight is 465 g/mol. The molecule has 3 heterocycles. The van der Waals surface area contributed by atoms with Gasteiger partial charge in [-0.3, -0.25) is 9.59 Å². The van der Waals surface area contributed by atoms with Crippen molar-refractivity contribution >= 4 is 23.2 Å². The second kappa shape index (κ2) is 9.25. The molecule has 1 N–H and O–H groups in total. The number of fused-ring (bicyclic) bond motifs is 2. The van der Waals surface area contributed by atoms with Crippen LogP contribution in [-0.4, -0.2) is 43.8 Å². The summed E-state index contributed by atoms with van der Waals surface area (Å²) in [5.41, 5.74) is 2.22. The van der Waals surface area contributed by atoms with Crippen molar-refractivity contribution in [3.8, 4) is 11.5 Å². The van der Waals surface area contributed by atoms with Gasteiger partial charge in [0.1, 0.15) is 0 Å². The van der Waals surface area contributed by atoms with Gasteiger partial charge >= 0.3 is 0 Å². The second-order valence-corrected chi connectivity index (χ2v) is 8.90. The van der Waals surface area contributed by atoms with E-state index < -0.39 is 12.0 Å². The van der Waals surface area contributed by atoms with Gasteiger partial charge in [-0.1, -0.05) is 30.3 Å². The number of hydrogen-bond acceptors (Lipinski definition) is 6. The third kappa shape index (κ3) is 4.07. The molecule has 8 heteroatoms. The van der Waals surface area contributed by atoms with E-state index in [2.05, 4.69) is 5.32 Å². The summed E-state index contributed by atoms with van der Waals surface area (Å²) in [7, 11) is 1.61. The third-order valence-electron chi connectivity index (χ3n) is 6.00. The van der Waals surface area contributed by atoms with Crippen LogP contribution in [0.1, 0.15) is 38.3 Å². The van der Waals surface area contributed by atoms with Crippen LogP contribution in [0.15, 0.2) is 60.0 Å². The van der Waals surface area contributed by atoms with Crippen LogP contribution in [0, 0.1) is 0 Å². The van der Waals surface area contributed by atoms with Crippen LogP contribution in [0.2, 0.25) is 0 Å². The first-order valence-electron chi connectivity index (χ1n) is 10.8. The van der Waals surface area contributed by atoms with Crippen molar-refractivity contribution in [1.29, 1.82) is 0 Å². The first-order chi connectivity index (χ1) is 16.2. The molecule has 0 saturated heterocycles. The molecule has 0 radical (unpaired) electrons. The van der Waals surface area contributed by atoms with E-state index in [1.807, 2.05) is 53.9 Å². The molecule has 3 aromatic rings. The molecule has 2 aromatic carbocycles. The molecule has 33 heavy (non-hydrogen) atoms. The van der Waals surface area contributed by atoms with Gasteiger partial charge in [-0.15, -0.1) is 11.3 Å². The Morgan fingerprint density at radius 2 is 2.00 bits per heavy atom. The molecule has 170 valence electrons. The van der Waals surface area contributed by atoms with Crippen molar-refractivity contribution in [2.24, 2.45) is 0 Å². The molecule has 0 spiro atoms. The van der Waals surface area contributed by atoms with Gasteiger partial charge < -0.3 is 24.4 Å². The van der Waals surface area contributed by atoms with Crippen molar-refractivity contribution in [3.05, 3.63) is 81.5 Å². The second-order valence-electron chi connectivity index (χ2n) is 7.92. The van der Waals surface area contributed by atoms with Gasteiger partial charge in [0.05, 0.1) is 18.6 Å². The maximum atomic E-state index is 13.7. The Morgan fingerprint density at radius 3 is 2.82 bits per heavy atom. The Balaban J connectivity index is 1.47. The van der Waals surface area contributed by atoms with Crippen LogP contribution in [-0.2, 0) is 16.1 Å². The molecule has 2 atom stereocenters. The van der Waals surface area contributed by atoms with Gasteiger partial charge in [-0.05, 0) is 40.8 Å². The van der Waals surface area contributed by atoms with Crippen molar-refractivity contribution in [2.45, 2.75) is 18.5 Å². The summed E-state index contributed by atoms with van der Waals surface area (Å²) in [6.07, 6.45) is 0. The highest BCUT2D eigenvalue weighted by atomic mass is 32.1. The first-order valence-corrected chi connectivity index (χ1v) is 11.6. The quantitative estimate of drug-likeness (QED) is 0.577. The summed E-state index contributed by atoms with van der Waals surface area (Å²) in [4.78, 5) is 29.8. The molecule has 2 amide bonds. The third-order valence-corrected chi connectivity index (χ3v) is 6.94. The van der Waals surface area contributed by atoms with Gasteiger partial charge in [0.2, 0.25) is 12.7 Å². The monoisotopic (exact) mass is 464 g/mol. The van der Waals surface area contributed by atoms with Crippen molar-refractivity contribution in [3.63, 3.8) is 0 Å². The molecule has 1 aromatic heterocycles. The predicted molar refractivity (Wildman–Crippen MR) is 124 cm³/mol. The highest BCUT2D eigenvalue weighted by molar-refractivity contribution is 7.10. The van der Waals surface area contributed by atoms with E-state index in [1.54, 1.807) is 29.4 Å². The van der Waals surface area contributed by atoms with Crippen LogP contribution < -0.4 is 14.8 Å². The summed E-state index contributed by atoms with van der Waals surface area (Å²) in [6, 6.07) is 16.5. The Kier molecular flexibility index (Phi) is 6.02. The molecule has 0 unspecified atom stereocenters. The predicted octanol–water partition coefficient (Wildman–Crippen LogP) is 3.72. The van der Waals surface area contributed by atoms with E-state index in [1.165, 1.54) is 0 Å². The normalized spacial score (nSPS) is 18.8. The van der Waals surface area contributed by atoms with E-state index in [0.29, 0.717) is 36.8 Å². The number of carbonyl (C=O) groups is 2. The fraction of sp³-hybridized carbons (Fsp3) is 0.280. The topological polar surface area (TPSA) is 77.1 Å². The van der Waals surface area contributed by atoms with E-state index >= 15 is 0 Å². The van der Waals surface area contributed by atoms with Crippen molar-refractivity contribution < 1.29 is 23.8 Å². The minimum atomic E-state index is -0.539. The van der Waals surface area contributed by atoms with E-state index in [4.69, 9.17) is 14.2 Å². The number of rotatable bonds is 7. The molecule has 7 nitrogen and oxygen atoms in total. The zero-order chi connectivity index (χ0) is 22.8. The lowest BCUT2D eigenvalue weighted by Crippen LogP contribution is -2.48. The van der Waals surface area contributed by atoms with E-state index in [9.17, 15) is 9.59 Å². The smallest absolute Gasteiger partial charge is 0.254 e. The summed E-state index contributed by atoms with van der Waals surface area (Å²) in [5.74, 6) is 0.631. The molecule has 5 rings (SSSR count). The Bertz CT molecular complexity index is 1160. The van der Waals surface area contributed by atoms with Crippen LogP contribution in [0.5, 0.6) is 11.5 Å². The molecule has 0 fully saturated rings. The number of thiophene rings is 1. The van der Waals surface area contributed by atoms with Gasteiger partial charge in [0, 0.05) is 30.6 Å². The maximum absolute atomic E-state index is 13.7. The fourth-order valence-electron chi connectivity index (χ4n) is 4.44. The zero-order valence-corrected chi connectivity index (χ0v) is 19.0. The standard InChI is InChI=1S/C25H24N2O5S/c1-30-11-10-27-23(21-7-4-12-33-21)22(17-5-2-3-6-18(17)25(27)29)24(28)26-14-16-8-9-19-20(13-16)32-15-31-19/h2-9,12-13,22-23H,10-11,14-15H2,1H3,(H,26,28)/t22-,23+/m1/s1. The lowest BCUT2D eigenvalue weighted by molar-refractivity contribution is -0.124. The Hall–Kier alpha value is -3.36. The lowest BCUT2D eigenvalue weighted by atomic mass is 9.81. The molecular weight excluding hydrogens is 440 g/mol. The molecule has 0 aliphatic carbocycles. The highest BCUT2D eigenvalue weighted by Gasteiger charge is 2.44. The number of ether oxygens (including phenoxy) is 3. The summed E-state index contributed by atoms with van der Waals surface area (Å²) in [6.45, 7) is 1.34. The number of carbonyl (C=O) groups excluding carboxylic acids is 2. The maximum Gasteiger partial charge on any atom is 0.254 e. The number of hydrogen-bond donors (Lipinski definition) is 1. The van der Waals surface area contributed by atoms with Crippen LogP contribution in [0.3, 0.4) is 0 Å². The minimum absolute atomic E-state index is 0.0825. The van der Waals surface area contributed by atoms with E-state index in [0.717, 1.165) is 16.0 Å². The van der Waals surface area contributed by atoms with Gasteiger partial charge in [0.15, 0.2) is 11.5 Å². The van der Waals surface area contributed by atoms with Crippen LogP contribution in [0.4, 0.5) is 0 Å². The number of amides is 2. The van der Waals surface area contributed by atoms with Gasteiger partial charge in [-0.2, -0.15) is 0 Å². The summed E-state index contributed by atoms with van der Waals surface area (Å²) >= 11 is 1.55. The minimum Gasteiger partial charge on any atom is -0.454 e. The largest absolute Gasteiger partial charge is 0.454 e. The van der Waals surface area contributed by atoms with Crippen LogP contribution in [0.25, 0.3) is 0 Å². The van der Waals surface area contributed by atoms with Gasteiger partial charge in [0.25, 0.3) is 5.91 Å².